The van der Waals surface area contributed by atoms with Crippen molar-refractivity contribution in [2.75, 3.05) is 11.8 Å². The van der Waals surface area contributed by atoms with Crippen molar-refractivity contribution < 1.29 is 13.2 Å². The van der Waals surface area contributed by atoms with Crippen molar-refractivity contribution in [1.29, 1.82) is 0 Å². The van der Waals surface area contributed by atoms with E-state index in [2.05, 4.69) is 9.71 Å². The molecule has 0 saturated heterocycles. The normalized spacial score (nSPS) is 11.3. The van der Waals surface area contributed by atoms with E-state index in [1.165, 1.54) is 13.3 Å². The van der Waals surface area contributed by atoms with Crippen LogP contribution in [0.2, 0.25) is 0 Å². The van der Waals surface area contributed by atoms with Gasteiger partial charge in [0.15, 0.2) is 0 Å². The standard InChI is InChI=1S/C16H20N2O3S/c1-10-8-11(2)13(4)16(12(10)3)22(19,20)18-14-6-7-15(21-5)17-9-14/h6-9,18H,1-5H3. The minimum Gasteiger partial charge on any atom is -0.481 e. The zero-order chi connectivity index (χ0) is 16.5. The zero-order valence-corrected chi connectivity index (χ0v) is 14.2. The molecule has 2 aromatic rings. The predicted octanol–water partition coefficient (Wildman–Crippen LogP) is 3.12. The van der Waals surface area contributed by atoms with Gasteiger partial charge >= 0.3 is 0 Å². The second-order valence-electron chi connectivity index (χ2n) is 5.28. The summed E-state index contributed by atoms with van der Waals surface area (Å²) in [6.07, 6.45) is 1.43. The van der Waals surface area contributed by atoms with Crippen LogP contribution in [0.1, 0.15) is 22.3 Å². The van der Waals surface area contributed by atoms with Crippen LogP contribution < -0.4 is 9.46 Å². The second kappa shape index (κ2) is 5.96. The van der Waals surface area contributed by atoms with E-state index in [0.717, 1.165) is 22.3 Å². The zero-order valence-electron chi connectivity index (χ0n) is 13.4. The highest BCUT2D eigenvalue weighted by molar-refractivity contribution is 7.92. The first-order valence-corrected chi connectivity index (χ1v) is 8.35. The van der Waals surface area contributed by atoms with E-state index in [0.29, 0.717) is 16.5 Å². The van der Waals surface area contributed by atoms with Crippen molar-refractivity contribution in [1.82, 2.24) is 4.98 Å². The first-order chi connectivity index (χ1) is 10.3. The third-order valence-electron chi connectivity index (χ3n) is 3.76. The average Bonchev–Trinajstić information content (AvgIpc) is 2.45. The lowest BCUT2D eigenvalue weighted by molar-refractivity contribution is 0.398. The topological polar surface area (TPSA) is 68.3 Å². The molecular formula is C16H20N2O3S. The molecule has 1 heterocycles. The Labute approximate surface area is 131 Å². The highest BCUT2D eigenvalue weighted by atomic mass is 32.2. The van der Waals surface area contributed by atoms with Gasteiger partial charge in [0, 0.05) is 6.07 Å². The fourth-order valence-electron chi connectivity index (χ4n) is 2.35. The Hall–Kier alpha value is -2.08. The molecule has 6 heteroatoms. The summed E-state index contributed by atoms with van der Waals surface area (Å²) in [6.45, 7) is 7.47. The number of aryl methyl sites for hydroxylation is 2. The molecule has 1 aromatic carbocycles. The number of nitrogens with zero attached hydrogens (tertiary/aromatic N) is 1. The molecule has 0 amide bonds. The lowest BCUT2D eigenvalue weighted by Gasteiger charge is -2.16. The number of nitrogens with one attached hydrogen (secondary N) is 1. The van der Waals surface area contributed by atoms with Crippen molar-refractivity contribution in [3.05, 3.63) is 46.6 Å². The third kappa shape index (κ3) is 3.06. The number of aromatic nitrogens is 1. The first kappa shape index (κ1) is 16.3. The summed E-state index contributed by atoms with van der Waals surface area (Å²) >= 11 is 0. The number of hydrogen-bond donors (Lipinski definition) is 1. The maximum absolute atomic E-state index is 12.7. The Morgan fingerprint density at radius 1 is 1.05 bits per heavy atom. The van der Waals surface area contributed by atoms with E-state index in [9.17, 15) is 8.42 Å². The Morgan fingerprint density at radius 3 is 2.09 bits per heavy atom. The number of anilines is 1. The summed E-state index contributed by atoms with van der Waals surface area (Å²) in [4.78, 5) is 4.34. The largest absolute Gasteiger partial charge is 0.481 e. The van der Waals surface area contributed by atoms with E-state index in [1.807, 2.05) is 33.8 Å². The van der Waals surface area contributed by atoms with Gasteiger partial charge in [0.05, 0.1) is 23.9 Å². The SMILES string of the molecule is COc1ccc(NS(=O)(=O)c2c(C)c(C)cc(C)c2C)cn1. The predicted molar refractivity (Wildman–Crippen MR) is 87.0 cm³/mol. The number of methoxy groups -OCH3 is 1. The minimum atomic E-state index is -3.67. The molecule has 0 aliphatic carbocycles. The van der Waals surface area contributed by atoms with Crippen LogP contribution >= 0.6 is 0 Å². The summed E-state index contributed by atoms with van der Waals surface area (Å²) < 4.78 is 33.0. The van der Waals surface area contributed by atoms with Gasteiger partial charge in [-0.05, 0) is 56.0 Å². The van der Waals surface area contributed by atoms with E-state index in [1.54, 1.807) is 12.1 Å². The monoisotopic (exact) mass is 320 g/mol. The molecule has 0 aliphatic rings. The van der Waals surface area contributed by atoms with Gasteiger partial charge in [0.1, 0.15) is 0 Å². The van der Waals surface area contributed by atoms with Gasteiger partial charge in [0.2, 0.25) is 5.88 Å². The van der Waals surface area contributed by atoms with Crippen LogP contribution in [-0.2, 0) is 10.0 Å². The van der Waals surface area contributed by atoms with Crippen LogP contribution in [0.5, 0.6) is 5.88 Å². The molecule has 0 radical (unpaired) electrons. The summed E-state index contributed by atoms with van der Waals surface area (Å²) in [5.41, 5.74) is 3.83. The van der Waals surface area contributed by atoms with E-state index in [-0.39, 0.29) is 0 Å². The van der Waals surface area contributed by atoms with Crippen LogP contribution in [-0.4, -0.2) is 20.5 Å². The van der Waals surface area contributed by atoms with Gasteiger partial charge in [-0.3, -0.25) is 4.72 Å². The number of sulfonamides is 1. The molecule has 0 spiro atoms. The molecule has 0 atom stereocenters. The lowest BCUT2D eigenvalue weighted by Crippen LogP contribution is -2.17. The second-order valence-corrected chi connectivity index (χ2v) is 6.90. The van der Waals surface area contributed by atoms with Crippen LogP contribution in [0, 0.1) is 27.7 Å². The minimum absolute atomic E-state index is 0.334. The van der Waals surface area contributed by atoms with Crippen LogP contribution in [0.15, 0.2) is 29.3 Å². The average molecular weight is 320 g/mol. The molecule has 0 bridgehead atoms. The fraction of sp³-hybridized carbons (Fsp3) is 0.312. The quantitative estimate of drug-likeness (QED) is 0.940. The summed E-state index contributed by atoms with van der Waals surface area (Å²) in [5, 5.41) is 0. The number of rotatable bonds is 4. The molecule has 118 valence electrons. The summed E-state index contributed by atoms with van der Waals surface area (Å²) in [6, 6.07) is 5.23. The summed E-state index contributed by atoms with van der Waals surface area (Å²) in [5.74, 6) is 0.432. The van der Waals surface area contributed by atoms with Crippen molar-refractivity contribution in [3.63, 3.8) is 0 Å². The Balaban J connectivity index is 2.46. The highest BCUT2D eigenvalue weighted by Crippen LogP contribution is 2.27. The number of pyridine rings is 1. The summed E-state index contributed by atoms with van der Waals surface area (Å²) in [7, 11) is -2.16. The molecule has 1 N–H and O–H groups in total. The van der Waals surface area contributed by atoms with Gasteiger partial charge in [-0.2, -0.15) is 0 Å². The molecule has 0 fully saturated rings. The van der Waals surface area contributed by atoms with Crippen molar-refractivity contribution in [2.45, 2.75) is 32.6 Å². The Kier molecular flexibility index (Phi) is 4.42. The Bertz CT molecular complexity index is 771. The fourth-order valence-corrected chi connectivity index (χ4v) is 4.01. The van der Waals surface area contributed by atoms with Gasteiger partial charge in [-0.25, -0.2) is 13.4 Å². The van der Waals surface area contributed by atoms with Crippen LogP contribution in [0.3, 0.4) is 0 Å². The number of benzene rings is 1. The molecule has 0 unspecified atom stereocenters. The maximum Gasteiger partial charge on any atom is 0.262 e. The van der Waals surface area contributed by atoms with E-state index >= 15 is 0 Å². The smallest absolute Gasteiger partial charge is 0.262 e. The molecule has 0 saturated carbocycles. The third-order valence-corrected chi connectivity index (χ3v) is 5.42. The number of ether oxygens (including phenoxy) is 1. The van der Waals surface area contributed by atoms with E-state index < -0.39 is 10.0 Å². The molecule has 1 aromatic heterocycles. The van der Waals surface area contributed by atoms with Gasteiger partial charge in [-0.1, -0.05) is 6.07 Å². The number of hydrogen-bond acceptors (Lipinski definition) is 4. The van der Waals surface area contributed by atoms with Crippen molar-refractivity contribution in [2.24, 2.45) is 0 Å². The first-order valence-electron chi connectivity index (χ1n) is 6.86. The van der Waals surface area contributed by atoms with Gasteiger partial charge in [-0.15, -0.1) is 0 Å². The van der Waals surface area contributed by atoms with Crippen molar-refractivity contribution >= 4 is 15.7 Å². The molecule has 22 heavy (non-hydrogen) atoms. The highest BCUT2D eigenvalue weighted by Gasteiger charge is 2.22. The van der Waals surface area contributed by atoms with Crippen molar-refractivity contribution in [3.8, 4) is 5.88 Å². The molecular weight excluding hydrogens is 300 g/mol. The van der Waals surface area contributed by atoms with Gasteiger partial charge in [0.25, 0.3) is 10.0 Å². The Morgan fingerprint density at radius 2 is 1.64 bits per heavy atom. The molecule has 0 aliphatic heterocycles. The van der Waals surface area contributed by atoms with Gasteiger partial charge < -0.3 is 4.74 Å². The van der Waals surface area contributed by atoms with Crippen LogP contribution in [0.4, 0.5) is 5.69 Å². The molecule has 5 nitrogen and oxygen atoms in total. The maximum atomic E-state index is 12.7. The lowest BCUT2D eigenvalue weighted by atomic mass is 10.0. The van der Waals surface area contributed by atoms with E-state index in [4.69, 9.17) is 4.74 Å². The molecule has 2 rings (SSSR count). The van der Waals surface area contributed by atoms with Crippen LogP contribution in [0.25, 0.3) is 0 Å².